The first-order chi connectivity index (χ1) is 19.2. The van der Waals surface area contributed by atoms with Gasteiger partial charge in [0.15, 0.2) is 34.3 Å². The van der Waals surface area contributed by atoms with Crippen molar-refractivity contribution in [1.82, 2.24) is 15.0 Å². The van der Waals surface area contributed by atoms with E-state index >= 15 is 0 Å². The third-order valence-electron chi connectivity index (χ3n) is 10.8. The molecule has 0 spiro atoms. The van der Waals surface area contributed by atoms with Gasteiger partial charge in [0.05, 0.1) is 23.5 Å². The number of fused-ring (bicyclic) bond motifs is 8. The zero-order valence-corrected chi connectivity index (χ0v) is 24.1. The lowest BCUT2D eigenvalue weighted by Gasteiger charge is -2.59. The van der Waals surface area contributed by atoms with E-state index in [0.717, 1.165) is 43.2 Å². The summed E-state index contributed by atoms with van der Waals surface area (Å²) in [6, 6.07) is 3.78. The molecule has 8 nitrogen and oxygen atoms in total. The number of carbonyl (C=O) groups excluding carboxylic acids is 2. The Morgan fingerprint density at radius 3 is 2.98 bits per heavy atom. The van der Waals surface area contributed by atoms with Crippen LogP contribution in [0.4, 0.5) is 0 Å². The molecule has 3 heterocycles. The number of imidazole rings is 1. The number of aliphatic hydroxyl groups is 1. The van der Waals surface area contributed by atoms with Crippen molar-refractivity contribution in [3.63, 3.8) is 0 Å². The molecule has 3 saturated carbocycles. The Hall–Kier alpha value is -2.33. The Morgan fingerprint density at radius 1 is 1.32 bits per heavy atom. The van der Waals surface area contributed by atoms with E-state index < -0.39 is 23.4 Å². The lowest BCUT2D eigenvalue weighted by atomic mass is 9.46. The van der Waals surface area contributed by atoms with Crippen LogP contribution < -0.4 is 0 Å². The number of ketones is 2. The van der Waals surface area contributed by atoms with Gasteiger partial charge in [0, 0.05) is 22.9 Å². The van der Waals surface area contributed by atoms with Crippen LogP contribution >= 0.6 is 11.8 Å². The summed E-state index contributed by atoms with van der Waals surface area (Å²) in [5.41, 5.74) is 0.549. The normalized spacial score (nSPS) is 41.8. The van der Waals surface area contributed by atoms with Gasteiger partial charge in [-0.2, -0.15) is 0 Å². The van der Waals surface area contributed by atoms with E-state index in [2.05, 4.69) is 35.7 Å². The number of nitrogens with zero attached hydrogens (tertiary/aromatic N) is 2. The van der Waals surface area contributed by atoms with Crippen molar-refractivity contribution < 1.29 is 24.2 Å². The molecular weight excluding hydrogens is 526 g/mol. The molecule has 40 heavy (non-hydrogen) atoms. The Kier molecular flexibility index (Phi) is 6.20. The molecule has 1 saturated heterocycles. The van der Waals surface area contributed by atoms with Crippen LogP contribution in [0.1, 0.15) is 59.3 Å². The third-order valence-corrected chi connectivity index (χ3v) is 11.7. The van der Waals surface area contributed by atoms with E-state index in [-0.39, 0.29) is 46.6 Å². The number of rotatable bonds is 6. The molecule has 5 aliphatic rings. The van der Waals surface area contributed by atoms with Gasteiger partial charge in [0.1, 0.15) is 0 Å². The number of allylic oxidation sites excluding steroid dienone is 4. The van der Waals surface area contributed by atoms with E-state index in [1.807, 2.05) is 18.2 Å². The fourth-order valence-electron chi connectivity index (χ4n) is 9.14. The predicted octanol–water partition coefficient (Wildman–Crippen LogP) is 4.79. The van der Waals surface area contributed by atoms with Gasteiger partial charge in [0.25, 0.3) is 0 Å². The van der Waals surface area contributed by atoms with Crippen LogP contribution in [0.2, 0.25) is 0 Å². The number of H-pyrrole nitrogens is 1. The molecule has 9 heteroatoms. The molecule has 9 atom stereocenters. The maximum Gasteiger partial charge on any atom is 0.178 e. The number of nitrogens with one attached hydrogen (secondary N) is 1. The number of thioether (sulfide) groups is 1. The summed E-state index contributed by atoms with van der Waals surface area (Å²) in [7, 11) is 0. The maximum absolute atomic E-state index is 14.4. The summed E-state index contributed by atoms with van der Waals surface area (Å²) in [6.45, 7) is 6.43. The molecule has 212 valence electrons. The van der Waals surface area contributed by atoms with Crippen LogP contribution in [0.15, 0.2) is 47.3 Å². The minimum absolute atomic E-state index is 0.00948. The minimum atomic E-state index is -1.11. The largest absolute Gasteiger partial charge is 0.393 e. The lowest BCUT2D eigenvalue weighted by Crippen LogP contribution is -2.63. The monoisotopic (exact) mass is 563 g/mol. The van der Waals surface area contributed by atoms with Crippen LogP contribution in [0.3, 0.4) is 0 Å². The molecule has 4 aliphatic carbocycles. The number of hydrogen-bond acceptors (Lipinski definition) is 8. The number of pyridine rings is 1. The standard InChI is InChI=1S/C31H37N3O5S/c1-4-6-25-38-24-14-20-19-9-8-17-13-18(35)10-11-29(17,2)26(19)22(36)15-30(20,3)31(24,39-25)23(37)16-40-28-33-21-7-5-12-32-27(21)34-28/h5,7,10-13,19-20,22,24-26,36H,4,6,8-9,14-16H2,1-3H3,(H,32,33,34)/t19?,20?,22-,24-,25?,26?,29?,30?,31+/m0/s1. The summed E-state index contributed by atoms with van der Waals surface area (Å²) < 4.78 is 13.3. The highest BCUT2D eigenvalue weighted by Gasteiger charge is 2.75. The van der Waals surface area contributed by atoms with Gasteiger partial charge >= 0.3 is 0 Å². The van der Waals surface area contributed by atoms with Crippen molar-refractivity contribution in [1.29, 1.82) is 0 Å². The summed E-state index contributed by atoms with van der Waals surface area (Å²) in [5, 5.41) is 12.5. The number of aromatic amines is 1. The molecule has 2 aromatic heterocycles. The minimum Gasteiger partial charge on any atom is -0.393 e. The van der Waals surface area contributed by atoms with E-state index in [1.165, 1.54) is 11.8 Å². The summed E-state index contributed by atoms with van der Waals surface area (Å²) >= 11 is 1.37. The van der Waals surface area contributed by atoms with Crippen LogP contribution in [0, 0.1) is 28.6 Å². The van der Waals surface area contributed by atoms with Crippen molar-refractivity contribution in [3.05, 3.63) is 42.1 Å². The van der Waals surface area contributed by atoms with E-state index in [0.29, 0.717) is 17.2 Å². The van der Waals surface area contributed by atoms with Gasteiger partial charge in [-0.15, -0.1) is 0 Å². The third kappa shape index (κ3) is 3.63. The van der Waals surface area contributed by atoms with Gasteiger partial charge in [0.2, 0.25) is 0 Å². The van der Waals surface area contributed by atoms with Gasteiger partial charge < -0.3 is 19.6 Å². The quantitative estimate of drug-likeness (QED) is 0.483. The molecule has 0 amide bonds. The smallest absolute Gasteiger partial charge is 0.178 e. The number of Topliss-reactive ketones (excluding diaryl/α,β-unsaturated/α-hetero) is 1. The average Bonchev–Trinajstić information content (AvgIpc) is 3.57. The zero-order valence-electron chi connectivity index (χ0n) is 23.3. The molecule has 7 rings (SSSR count). The van der Waals surface area contributed by atoms with Crippen LogP contribution in [0.25, 0.3) is 11.2 Å². The highest BCUT2D eigenvalue weighted by atomic mass is 32.2. The highest BCUT2D eigenvalue weighted by Crippen LogP contribution is 2.69. The molecule has 6 unspecified atom stereocenters. The number of hydrogen-bond donors (Lipinski definition) is 2. The predicted molar refractivity (Wildman–Crippen MR) is 150 cm³/mol. The summed E-state index contributed by atoms with van der Waals surface area (Å²) in [4.78, 5) is 38.7. The number of ether oxygens (including phenoxy) is 2. The Balaban J connectivity index is 1.22. The highest BCUT2D eigenvalue weighted by molar-refractivity contribution is 7.99. The molecule has 2 aromatic rings. The van der Waals surface area contributed by atoms with Gasteiger partial charge in [-0.3, -0.25) is 9.59 Å². The maximum atomic E-state index is 14.4. The fraction of sp³-hybridized carbons (Fsp3) is 0.613. The lowest BCUT2D eigenvalue weighted by molar-refractivity contribution is -0.197. The van der Waals surface area contributed by atoms with Crippen LogP contribution in [-0.4, -0.2) is 61.5 Å². The molecule has 2 N–H and O–H groups in total. The second kappa shape index (κ2) is 9.34. The summed E-state index contributed by atoms with van der Waals surface area (Å²) in [6.07, 6.45) is 10.3. The summed E-state index contributed by atoms with van der Waals surface area (Å²) in [5.74, 6) is 0.598. The zero-order chi connectivity index (χ0) is 27.9. The van der Waals surface area contributed by atoms with Gasteiger partial charge in [-0.1, -0.05) is 50.6 Å². The fourth-order valence-corrected chi connectivity index (χ4v) is 9.95. The van der Waals surface area contributed by atoms with Gasteiger partial charge in [-0.05, 0) is 68.2 Å². The molecule has 0 radical (unpaired) electrons. The Bertz CT molecular complexity index is 1400. The first-order valence-corrected chi connectivity index (χ1v) is 15.6. The van der Waals surface area contributed by atoms with E-state index in [9.17, 15) is 14.7 Å². The van der Waals surface area contributed by atoms with Crippen molar-refractivity contribution in [2.75, 3.05) is 5.75 Å². The van der Waals surface area contributed by atoms with Gasteiger partial charge in [-0.25, -0.2) is 9.97 Å². The van der Waals surface area contributed by atoms with Crippen molar-refractivity contribution in [2.45, 2.75) is 88.6 Å². The van der Waals surface area contributed by atoms with E-state index in [1.54, 1.807) is 18.3 Å². The second-order valence-corrected chi connectivity index (χ2v) is 13.7. The van der Waals surface area contributed by atoms with E-state index in [4.69, 9.17) is 9.47 Å². The number of carbonyl (C=O) groups is 2. The molecular formula is C31H37N3O5S. The van der Waals surface area contributed by atoms with Crippen molar-refractivity contribution >= 4 is 34.5 Å². The van der Waals surface area contributed by atoms with Crippen LogP contribution in [-0.2, 0) is 19.1 Å². The Morgan fingerprint density at radius 2 is 2.17 bits per heavy atom. The average molecular weight is 564 g/mol. The molecule has 0 aromatic carbocycles. The number of aromatic nitrogens is 3. The number of aliphatic hydroxyl groups excluding tert-OH is 1. The second-order valence-electron chi connectivity index (χ2n) is 12.8. The first-order valence-electron chi connectivity index (χ1n) is 14.6. The first kappa shape index (κ1) is 26.6. The SMILES string of the molecule is CCCC1O[C@H]2CC3C4CCC5=CC(=O)C=CC5(C)C4[C@@H](O)CC3(C)[C@]2(C(=O)CSc2nc3ncccc3[nH]2)O1. The van der Waals surface area contributed by atoms with Crippen molar-refractivity contribution in [2.24, 2.45) is 28.6 Å². The topological polar surface area (TPSA) is 114 Å². The Labute approximate surface area is 238 Å². The van der Waals surface area contributed by atoms with Crippen LogP contribution in [0.5, 0.6) is 0 Å². The molecule has 0 bridgehead atoms. The molecule has 1 aliphatic heterocycles. The van der Waals surface area contributed by atoms with Crippen molar-refractivity contribution in [3.8, 4) is 0 Å². The molecule has 4 fully saturated rings.